The third-order valence-corrected chi connectivity index (χ3v) is 7.73. The van der Waals surface area contributed by atoms with Crippen LogP contribution in [-0.4, -0.2) is 60.7 Å². The van der Waals surface area contributed by atoms with E-state index < -0.39 is 21.7 Å². The van der Waals surface area contributed by atoms with Crippen LogP contribution >= 0.6 is 11.8 Å². The summed E-state index contributed by atoms with van der Waals surface area (Å²) in [4.78, 5) is 25.8. The maximum atomic E-state index is 13.2. The molecule has 0 aromatic heterocycles. The predicted octanol–water partition coefficient (Wildman–Crippen LogP) is 3.76. The first-order chi connectivity index (χ1) is 15.2. The van der Waals surface area contributed by atoms with Gasteiger partial charge in [0, 0.05) is 25.4 Å². The number of amides is 2. The van der Waals surface area contributed by atoms with E-state index in [1.807, 2.05) is 0 Å². The van der Waals surface area contributed by atoms with Crippen molar-refractivity contribution in [2.45, 2.75) is 18.7 Å². The minimum Gasteiger partial charge on any atom is -0.455 e. The van der Waals surface area contributed by atoms with E-state index in [2.05, 4.69) is 5.32 Å². The number of carbonyl (C=O) groups is 2. The van der Waals surface area contributed by atoms with Crippen LogP contribution < -0.4 is 10.1 Å². The molecule has 11 heteroatoms. The number of thioether (sulfide) groups is 1. The highest BCUT2D eigenvalue weighted by Gasteiger charge is 2.26. The van der Waals surface area contributed by atoms with Gasteiger partial charge in [-0.3, -0.25) is 9.59 Å². The summed E-state index contributed by atoms with van der Waals surface area (Å²) in [5.41, 5.74) is 0.131. The normalized spacial score (nSPS) is 14.1. The summed E-state index contributed by atoms with van der Waals surface area (Å²) in [5.74, 6) is 0.197. The molecule has 1 heterocycles. The standard InChI is InChI=1S/C21H24FN3O5S2/c1-3-25(4-2)32(28,29)17-9-10-19(30-16-7-5-15(22)6-8-16)18(13-17)23-20(26)14-24-11-12-31-21(24)27/h5-10,13H,3-4,11-12,14H2,1-2H3,(H,23,26). The molecule has 0 saturated carbocycles. The van der Waals surface area contributed by atoms with Gasteiger partial charge in [-0.2, -0.15) is 4.31 Å². The molecule has 0 atom stereocenters. The van der Waals surface area contributed by atoms with Gasteiger partial charge >= 0.3 is 0 Å². The van der Waals surface area contributed by atoms with Gasteiger partial charge in [0.1, 0.15) is 18.1 Å². The molecule has 32 heavy (non-hydrogen) atoms. The number of ether oxygens (including phenoxy) is 1. The third-order valence-electron chi connectivity index (χ3n) is 4.79. The molecule has 2 aromatic carbocycles. The van der Waals surface area contributed by atoms with Crippen molar-refractivity contribution >= 4 is 38.6 Å². The Morgan fingerprint density at radius 1 is 1.19 bits per heavy atom. The van der Waals surface area contributed by atoms with Crippen molar-refractivity contribution < 1.29 is 27.1 Å². The molecular formula is C21H24FN3O5S2. The summed E-state index contributed by atoms with van der Waals surface area (Å²) < 4.78 is 46.1. The van der Waals surface area contributed by atoms with E-state index in [0.29, 0.717) is 31.1 Å². The first-order valence-electron chi connectivity index (χ1n) is 10.0. The number of nitrogens with one attached hydrogen (secondary N) is 1. The largest absolute Gasteiger partial charge is 0.455 e. The van der Waals surface area contributed by atoms with Crippen LogP contribution in [0.3, 0.4) is 0 Å². The lowest BCUT2D eigenvalue weighted by molar-refractivity contribution is -0.116. The van der Waals surface area contributed by atoms with Crippen LogP contribution in [0, 0.1) is 5.82 Å². The number of hydrogen-bond donors (Lipinski definition) is 1. The second kappa shape index (κ2) is 10.3. The highest BCUT2D eigenvalue weighted by molar-refractivity contribution is 8.13. The van der Waals surface area contributed by atoms with Crippen LogP contribution in [0.1, 0.15) is 13.8 Å². The van der Waals surface area contributed by atoms with Crippen molar-refractivity contribution in [1.82, 2.24) is 9.21 Å². The molecule has 1 N–H and O–H groups in total. The van der Waals surface area contributed by atoms with Crippen LogP contribution in [0.15, 0.2) is 47.4 Å². The Kier molecular flexibility index (Phi) is 7.75. The van der Waals surface area contributed by atoms with Crippen LogP contribution in [0.4, 0.5) is 14.9 Å². The van der Waals surface area contributed by atoms with E-state index >= 15 is 0 Å². The molecule has 1 aliphatic rings. The molecule has 1 saturated heterocycles. The van der Waals surface area contributed by atoms with Crippen molar-refractivity contribution in [3.05, 3.63) is 48.3 Å². The smallest absolute Gasteiger partial charge is 0.282 e. The molecular weight excluding hydrogens is 457 g/mol. The fourth-order valence-corrected chi connectivity index (χ4v) is 5.44. The van der Waals surface area contributed by atoms with Gasteiger partial charge in [-0.1, -0.05) is 25.6 Å². The van der Waals surface area contributed by atoms with Gasteiger partial charge in [0.2, 0.25) is 15.9 Å². The highest BCUT2D eigenvalue weighted by Crippen LogP contribution is 2.33. The van der Waals surface area contributed by atoms with Gasteiger partial charge in [-0.05, 0) is 42.5 Å². The second-order valence-electron chi connectivity index (χ2n) is 6.89. The number of rotatable bonds is 9. The van der Waals surface area contributed by atoms with Crippen LogP contribution in [0.2, 0.25) is 0 Å². The first kappa shape index (κ1) is 24.0. The van der Waals surface area contributed by atoms with Gasteiger partial charge < -0.3 is 15.0 Å². The van der Waals surface area contributed by atoms with Gasteiger partial charge in [0.05, 0.1) is 10.6 Å². The predicted molar refractivity (Wildman–Crippen MR) is 121 cm³/mol. The third kappa shape index (κ3) is 5.59. The van der Waals surface area contributed by atoms with Crippen LogP contribution in [-0.2, 0) is 14.8 Å². The number of hydrogen-bond acceptors (Lipinski definition) is 6. The molecule has 2 amide bonds. The molecule has 0 spiro atoms. The fraction of sp³-hybridized carbons (Fsp3) is 0.333. The van der Waals surface area contributed by atoms with Gasteiger partial charge in [0.15, 0.2) is 5.75 Å². The lowest BCUT2D eigenvalue weighted by atomic mass is 10.2. The number of nitrogens with zero attached hydrogens (tertiary/aromatic N) is 2. The molecule has 0 unspecified atom stereocenters. The zero-order valence-corrected chi connectivity index (χ0v) is 19.3. The van der Waals surface area contributed by atoms with Gasteiger partial charge in [0.25, 0.3) is 5.24 Å². The Balaban J connectivity index is 1.92. The molecule has 0 bridgehead atoms. The second-order valence-corrected chi connectivity index (χ2v) is 9.87. The summed E-state index contributed by atoms with van der Waals surface area (Å²) in [6, 6.07) is 9.44. The van der Waals surface area contributed by atoms with E-state index in [1.165, 1.54) is 51.7 Å². The average molecular weight is 482 g/mol. The monoisotopic (exact) mass is 481 g/mol. The Morgan fingerprint density at radius 3 is 2.47 bits per heavy atom. The minimum atomic E-state index is -3.78. The van der Waals surface area contributed by atoms with Crippen molar-refractivity contribution in [2.24, 2.45) is 0 Å². The summed E-state index contributed by atoms with van der Waals surface area (Å²) in [5, 5.41) is 2.47. The summed E-state index contributed by atoms with van der Waals surface area (Å²) in [6.07, 6.45) is 0. The maximum absolute atomic E-state index is 13.2. The Bertz CT molecular complexity index is 1090. The topological polar surface area (TPSA) is 96.0 Å². The van der Waals surface area contributed by atoms with E-state index in [1.54, 1.807) is 13.8 Å². The van der Waals surface area contributed by atoms with E-state index in [4.69, 9.17) is 4.74 Å². The SMILES string of the molecule is CCN(CC)S(=O)(=O)c1ccc(Oc2ccc(F)cc2)c(NC(=O)CN2CCSC2=O)c1. The number of benzene rings is 2. The molecule has 0 radical (unpaired) electrons. The van der Waals surface area contributed by atoms with Crippen LogP contribution in [0.5, 0.6) is 11.5 Å². The molecule has 8 nitrogen and oxygen atoms in total. The van der Waals surface area contributed by atoms with Crippen molar-refractivity contribution in [3.8, 4) is 11.5 Å². The van der Waals surface area contributed by atoms with E-state index in [9.17, 15) is 22.4 Å². The van der Waals surface area contributed by atoms with E-state index in [-0.39, 0.29) is 28.1 Å². The quantitative estimate of drug-likeness (QED) is 0.586. The lowest BCUT2D eigenvalue weighted by Gasteiger charge is -2.20. The summed E-state index contributed by atoms with van der Waals surface area (Å²) in [7, 11) is -3.78. The van der Waals surface area contributed by atoms with Crippen molar-refractivity contribution in [2.75, 3.05) is 37.2 Å². The average Bonchev–Trinajstić information content (AvgIpc) is 3.15. The van der Waals surface area contributed by atoms with Crippen LogP contribution in [0.25, 0.3) is 0 Å². The Hall–Kier alpha value is -2.63. The number of halogens is 1. The fourth-order valence-electron chi connectivity index (χ4n) is 3.13. The summed E-state index contributed by atoms with van der Waals surface area (Å²) in [6.45, 7) is 4.37. The van der Waals surface area contributed by atoms with Gasteiger partial charge in [-0.25, -0.2) is 12.8 Å². The minimum absolute atomic E-state index is 0.00393. The number of sulfonamides is 1. The molecule has 1 aliphatic heterocycles. The lowest BCUT2D eigenvalue weighted by Crippen LogP contribution is -2.33. The maximum Gasteiger partial charge on any atom is 0.282 e. The molecule has 2 aromatic rings. The Morgan fingerprint density at radius 2 is 1.88 bits per heavy atom. The van der Waals surface area contributed by atoms with E-state index in [0.717, 1.165) is 11.8 Å². The number of carbonyl (C=O) groups excluding carboxylic acids is 2. The summed E-state index contributed by atoms with van der Waals surface area (Å²) >= 11 is 1.14. The molecule has 3 rings (SSSR count). The molecule has 1 fully saturated rings. The molecule has 0 aliphatic carbocycles. The van der Waals surface area contributed by atoms with Crippen molar-refractivity contribution in [1.29, 1.82) is 0 Å². The zero-order chi connectivity index (χ0) is 23.3. The Labute approximate surface area is 190 Å². The van der Waals surface area contributed by atoms with Crippen molar-refractivity contribution in [3.63, 3.8) is 0 Å². The molecule has 172 valence electrons. The van der Waals surface area contributed by atoms with Gasteiger partial charge in [-0.15, -0.1) is 0 Å². The number of anilines is 1. The first-order valence-corrected chi connectivity index (χ1v) is 12.5. The highest BCUT2D eigenvalue weighted by atomic mass is 32.2. The zero-order valence-electron chi connectivity index (χ0n) is 17.7.